The van der Waals surface area contributed by atoms with Gasteiger partial charge < -0.3 is 4.74 Å². The van der Waals surface area contributed by atoms with Crippen LogP contribution in [0.1, 0.15) is 44.7 Å². The summed E-state index contributed by atoms with van der Waals surface area (Å²) in [4.78, 5) is 0. The van der Waals surface area contributed by atoms with Crippen LogP contribution >= 0.6 is 0 Å². The first-order chi connectivity index (χ1) is 11.7. The van der Waals surface area contributed by atoms with Crippen molar-refractivity contribution in [3.8, 4) is 5.75 Å². The molecule has 2 aromatic carbocycles. The third-order valence-corrected chi connectivity index (χ3v) is 6.05. The number of halogens is 2. The molecule has 0 aliphatic rings. The molecular formula is C20H24F2O2S. The fraction of sp³-hybridized carbons (Fsp3) is 0.400. The number of hydrogen-bond donors (Lipinski definition) is 0. The molecule has 5 heteroatoms. The van der Waals surface area contributed by atoms with Gasteiger partial charge in [0.25, 0.3) is 0 Å². The lowest BCUT2D eigenvalue weighted by Gasteiger charge is -2.22. The summed E-state index contributed by atoms with van der Waals surface area (Å²) in [5.74, 6) is -1.35. The van der Waals surface area contributed by atoms with Crippen LogP contribution in [-0.2, 0) is 17.4 Å². The summed E-state index contributed by atoms with van der Waals surface area (Å²) in [6.45, 7) is 7.65. The van der Waals surface area contributed by atoms with Gasteiger partial charge in [0.05, 0.1) is 0 Å². The standard InChI is InChI=1S/C20H24F2O2S/c1-14(13-25(23)20(2,3)4)17-10-16(21)11-18(22)19(17)24-12-15-8-6-5-7-9-15/h5-11,14H,12-13H2,1-4H3/t14?,25-/m1/s1. The zero-order chi connectivity index (χ0) is 18.6. The minimum Gasteiger partial charge on any atom is -0.486 e. The Morgan fingerprint density at radius 1 is 1.12 bits per heavy atom. The largest absolute Gasteiger partial charge is 0.486 e. The normalized spacial score (nSPS) is 14.2. The van der Waals surface area contributed by atoms with Gasteiger partial charge in [-0.15, -0.1) is 0 Å². The van der Waals surface area contributed by atoms with Crippen LogP contribution in [0.25, 0.3) is 0 Å². The first kappa shape index (κ1) is 19.6. The summed E-state index contributed by atoms with van der Waals surface area (Å²) in [7, 11) is -1.13. The summed E-state index contributed by atoms with van der Waals surface area (Å²) < 4.78 is 45.7. The SMILES string of the molecule is CC(C[S@@](=O)C(C)(C)C)c1cc(F)cc(F)c1OCc1ccccc1. The van der Waals surface area contributed by atoms with Crippen molar-refractivity contribution in [2.24, 2.45) is 0 Å². The highest BCUT2D eigenvalue weighted by atomic mass is 32.2. The van der Waals surface area contributed by atoms with Gasteiger partial charge in [0, 0.05) is 32.9 Å². The van der Waals surface area contributed by atoms with E-state index in [1.807, 2.05) is 58.0 Å². The third kappa shape index (κ3) is 5.36. The quantitative estimate of drug-likeness (QED) is 0.703. The molecular weight excluding hydrogens is 342 g/mol. The lowest BCUT2D eigenvalue weighted by molar-refractivity contribution is 0.284. The lowest BCUT2D eigenvalue weighted by atomic mass is 10.0. The van der Waals surface area contributed by atoms with Gasteiger partial charge in [0.15, 0.2) is 11.6 Å². The van der Waals surface area contributed by atoms with Gasteiger partial charge >= 0.3 is 0 Å². The van der Waals surface area contributed by atoms with Crippen molar-refractivity contribution in [1.82, 2.24) is 0 Å². The fourth-order valence-corrected chi connectivity index (χ4v) is 3.53. The molecule has 0 bridgehead atoms. The van der Waals surface area contributed by atoms with E-state index in [0.717, 1.165) is 11.6 Å². The summed E-state index contributed by atoms with van der Waals surface area (Å²) in [5.41, 5.74) is 1.30. The van der Waals surface area contributed by atoms with Crippen molar-refractivity contribution in [3.63, 3.8) is 0 Å². The number of hydrogen-bond acceptors (Lipinski definition) is 2. The minimum atomic E-state index is -1.13. The van der Waals surface area contributed by atoms with Crippen LogP contribution in [0.2, 0.25) is 0 Å². The van der Waals surface area contributed by atoms with E-state index in [4.69, 9.17) is 4.74 Å². The van der Waals surface area contributed by atoms with E-state index in [2.05, 4.69) is 0 Å². The van der Waals surface area contributed by atoms with E-state index < -0.39 is 22.4 Å². The Hall–Kier alpha value is -1.75. The molecule has 2 aromatic rings. The fourth-order valence-electron chi connectivity index (χ4n) is 2.40. The van der Waals surface area contributed by atoms with Crippen LogP contribution < -0.4 is 4.74 Å². The third-order valence-electron chi connectivity index (χ3n) is 3.88. The summed E-state index contributed by atoms with van der Waals surface area (Å²) in [6.07, 6.45) is 0. The van der Waals surface area contributed by atoms with Crippen molar-refractivity contribution >= 4 is 10.8 Å². The van der Waals surface area contributed by atoms with Crippen LogP contribution in [0, 0.1) is 11.6 Å². The molecule has 1 unspecified atom stereocenters. The van der Waals surface area contributed by atoms with Gasteiger partial charge in [-0.2, -0.15) is 0 Å². The Balaban J connectivity index is 2.25. The Kier molecular flexibility index (Phi) is 6.33. The van der Waals surface area contributed by atoms with Crippen molar-refractivity contribution in [2.45, 2.75) is 45.0 Å². The predicted molar refractivity (Wildman–Crippen MR) is 98.3 cm³/mol. The summed E-state index contributed by atoms with van der Waals surface area (Å²) in [6, 6.07) is 11.5. The lowest BCUT2D eigenvalue weighted by Crippen LogP contribution is -2.26. The molecule has 0 radical (unpaired) electrons. The second-order valence-corrected chi connectivity index (χ2v) is 9.35. The molecule has 0 amide bonds. The number of rotatable bonds is 6. The molecule has 0 fully saturated rings. The molecule has 25 heavy (non-hydrogen) atoms. The molecule has 2 nitrogen and oxygen atoms in total. The van der Waals surface area contributed by atoms with Crippen molar-refractivity contribution < 1.29 is 17.7 Å². The second kappa shape index (κ2) is 8.09. The zero-order valence-corrected chi connectivity index (χ0v) is 15.8. The highest BCUT2D eigenvalue weighted by Gasteiger charge is 2.25. The van der Waals surface area contributed by atoms with E-state index in [0.29, 0.717) is 11.3 Å². The average Bonchev–Trinajstić information content (AvgIpc) is 2.53. The molecule has 0 saturated carbocycles. The van der Waals surface area contributed by atoms with Crippen molar-refractivity contribution in [1.29, 1.82) is 0 Å². The molecule has 0 heterocycles. The van der Waals surface area contributed by atoms with Gasteiger partial charge in [0.1, 0.15) is 12.4 Å². The molecule has 136 valence electrons. The van der Waals surface area contributed by atoms with Crippen LogP contribution in [0.5, 0.6) is 5.75 Å². The van der Waals surface area contributed by atoms with Crippen LogP contribution in [0.4, 0.5) is 8.78 Å². The molecule has 0 spiro atoms. The molecule has 2 rings (SSSR count). The van der Waals surface area contributed by atoms with E-state index in [-0.39, 0.29) is 23.0 Å². The van der Waals surface area contributed by atoms with Crippen LogP contribution in [0.3, 0.4) is 0 Å². The molecule has 0 aliphatic carbocycles. The van der Waals surface area contributed by atoms with Gasteiger partial charge in [-0.25, -0.2) is 8.78 Å². The molecule has 2 atom stereocenters. The van der Waals surface area contributed by atoms with Crippen LogP contribution in [0.15, 0.2) is 42.5 Å². The number of ether oxygens (including phenoxy) is 1. The minimum absolute atomic E-state index is 0.0312. The monoisotopic (exact) mass is 366 g/mol. The maximum Gasteiger partial charge on any atom is 0.168 e. The van der Waals surface area contributed by atoms with Gasteiger partial charge in [0.2, 0.25) is 0 Å². The second-order valence-electron chi connectivity index (χ2n) is 7.11. The maximum absolute atomic E-state index is 14.3. The Bertz CT molecular complexity index is 739. The topological polar surface area (TPSA) is 26.3 Å². The summed E-state index contributed by atoms with van der Waals surface area (Å²) >= 11 is 0. The van der Waals surface area contributed by atoms with Crippen LogP contribution in [-0.4, -0.2) is 14.7 Å². The predicted octanol–water partition coefficient (Wildman–Crippen LogP) is 5.19. The Labute approximate surface area is 150 Å². The Morgan fingerprint density at radius 2 is 1.76 bits per heavy atom. The first-order valence-electron chi connectivity index (χ1n) is 8.22. The van der Waals surface area contributed by atoms with Gasteiger partial charge in [-0.1, -0.05) is 37.3 Å². The summed E-state index contributed by atoms with van der Waals surface area (Å²) in [5, 5.41) is 0. The smallest absolute Gasteiger partial charge is 0.168 e. The van der Waals surface area contributed by atoms with E-state index >= 15 is 0 Å². The van der Waals surface area contributed by atoms with Crippen molar-refractivity contribution in [3.05, 3.63) is 65.2 Å². The zero-order valence-electron chi connectivity index (χ0n) is 15.0. The first-order valence-corrected chi connectivity index (χ1v) is 9.54. The number of benzene rings is 2. The average molecular weight is 366 g/mol. The Morgan fingerprint density at radius 3 is 2.36 bits per heavy atom. The van der Waals surface area contributed by atoms with E-state index in [9.17, 15) is 13.0 Å². The highest BCUT2D eigenvalue weighted by molar-refractivity contribution is 7.86. The molecule has 0 N–H and O–H groups in total. The molecule has 0 saturated heterocycles. The van der Waals surface area contributed by atoms with Gasteiger partial charge in [-0.3, -0.25) is 4.21 Å². The molecule has 0 aliphatic heterocycles. The van der Waals surface area contributed by atoms with E-state index in [1.54, 1.807) is 0 Å². The highest BCUT2D eigenvalue weighted by Crippen LogP contribution is 2.33. The van der Waals surface area contributed by atoms with Crippen molar-refractivity contribution in [2.75, 3.05) is 5.75 Å². The maximum atomic E-state index is 14.3. The molecule has 0 aromatic heterocycles. The van der Waals surface area contributed by atoms with Gasteiger partial charge in [-0.05, 0) is 38.3 Å². The van der Waals surface area contributed by atoms with E-state index in [1.165, 1.54) is 6.07 Å².